The molecule has 19 heavy (non-hydrogen) atoms. The summed E-state index contributed by atoms with van der Waals surface area (Å²) < 4.78 is 35.1. The summed E-state index contributed by atoms with van der Waals surface area (Å²) in [6, 6.07) is 4.10. The van der Waals surface area contributed by atoms with Gasteiger partial charge >= 0.3 is 6.61 Å². The van der Waals surface area contributed by atoms with Gasteiger partial charge in [0.2, 0.25) is 0 Å². The maximum absolute atomic E-state index is 12.4. The van der Waals surface area contributed by atoms with Crippen LogP contribution in [0.15, 0.2) is 16.6 Å². The molecule has 3 nitrogen and oxygen atoms in total. The molecule has 1 fully saturated rings. The molecular formula is C13H16BrF2NO2. The summed E-state index contributed by atoms with van der Waals surface area (Å²) in [5.74, 6) is 0.386. The van der Waals surface area contributed by atoms with E-state index >= 15 is 0 Å². The molecule has 1 saturated carbocycles. The first kappa shape index (κ1) is 14.5. The van der Waals surface area contributed by atoms with E-state index in [9.17, 15) is 8.78 Å². The highest BCUT2D eigenvalue weighted by Gasteiger charge is 2.21. The Bertz CT molecular complexity index is 439. The Hall–Kier alpha value is -0.880. The van der Waals surface area contributed by atoms with Crippen LogP contribution in [-0.4, -0.2) is 19.3 Å². The standard InChI is InChI=1S/C13H16BrF2NO2/c1-2-18-11-6-8(7-17-9-3-4-9)5-10(14)12(11)19-13(15)16/h5-6,9,13,17H,2-4,7H2,1H3. The minimum Gasteiger partial charge on any atom is -0.490 e. The van der Waals surface area contributed by atoms with Crippen molar-refractivity contribution in [1.29, 1.82) is 0 Å². The van der Waals surface area contributed by atoms with Gasteiger partial charge in [-0.3, -0.25) is 0 Å². The second kappa shape index (κ2) is 6.52. The fourth-order valence-corrected chi connectivity index (χ4v) is 2.32. The predicted molar refractivity (Wildman–Crippen MR) is 71.8 cm³/mol. The highest BCUT2D eigenvalue weighted by atomic mass is 79.9. The number of rotatable bonds is 7. The van der Waals surface area contributed by atoms with Crippen molar-refractivity contribution in [2.45, 2.75) is 39.0 Å². The second-order valence-electron chi connectivity index (χ2n) is 4.37. The SMILES string of the molecule is CCOc1cc(CNC2CC2)cc(Br)c1OC(F)F. The highest BCUT2D eigenvalue weighted by Crippen LogP contribution is 2.38. The van der Waals surface area contributed by atoms with Gasteiger partial charge in [-0.05, 0) is 53.4 Å². The van der Waals surface area contributed by atoms with Crippen LogP contribution < -0.4 is 14.8 Å². The van der Waals surface area contributed by atoms with E-state index in [2.05, 4.69) is 26.0 Å². The van der Waals surface area contributed by atoms with Crippen molar-refractivity contribution in [3.63, 3.8) is 0 Å². The molecule has 0 amide bonds. The number of nitrogens with one attached hydrogen (secondary N) is 1. The van der Waals surface area contributed by atoms with Crippen LogP contribution in [-0.2, 0) is 6.54 Å². The Balaban J connectivity index is 2.16. The summed E-state index contributed by atoms with van der Waals surface area (Å²) in [5.41, 5.74) is 0.976. The van der Waals surface area contributed by atoms with Crippen LogP contribution in [0.1, 0.15) is 25.3 Å². The highest BCUT2D eigenvalue weighted by molar-refractivity contribution is 9.10. The molecule has 1 aromatic rings. The molecule has 2 rings (SSSR count). The largest absolute Gasteiger partial charge is 0.490 e. The van der Waals surface area contributed by atoms with Crippen LogP contribution in [0.25, 0.3) is 0 Å². The summed E-state index contributed by atoms with van der Waals surface area (Å²) >= 11 is 3.25. The first-order chi connectivity index (χ1) is 9.10. The Morgan fingerprint density at radius 2 is 2.16 bits per heavy atom. The minimum absolute atomic E-state index is 0.0482. The maximum Gasteiger partial charge on any atom is 0.387 e. The van der Waals surface area contributed by atoms with Gasteiger partial charge in [0, 0.05) is 12.6 Å². The topological polar surface area (TPSA) is 30.5 Å². The van der Waals surface area contributed by atoms with E-state index in [1.165, 1.54) is 12.8 Å². The molecule has 0 atom stereocenters. The van der Waals surface area contributed by atoms with E-state index in [-0.39, 0.29) is 5.75 Å². The third-order valence-electron chi connectivity index (χ3n) is 2.75. The number of hydrogen-bond donors (Lipinski definition) is 1. The van der Waals surface area contributed by atoms with Crippen LogP contribution in [0, 0.1) is 0 Å². The quantitative estimate of drug-likeness (QED) is 0.824. The van der Waals surface area contributed by atoms with Gasteiger partial charge in [-0.25, -0.2) is 0 Å². The van der Waals surface area contributed by atoms with E-state index in [1.54, 1.807) is 19.1 Å². The van der Waals surface area contributed by atoms with E-state index in [0.29, 0.717) is 29.4 Å². The molecule has 106 valence electrons. The minimum atomic E-state index is -2.87. The Morgan fingerprint density at radius 3 is 2.74 bits per heavy atom. The molecule has 1 aromatic carbocycles. The lowest BCUT2D eigenvalue weighted by Crippen LogP contribution is -2.15. The zero-order valence-electron chi connectivity index (χ0n) is 10.6. The predicted octanol–water partition coefficient (Wildman–Crippen LogP) is 3.70. The van der Waals surface area contributed by atoms with E-state index in [0.717, 1.165) is 5.56 Å². The number of alkyl halides is 2. The monoisotopic (exact) mass is 335 g/mol. The molecule has 0 saturated heterocycles. The number of halogens is 3. The lowest BCUT2D eigenvalue weighted by atomic mass is 10.2. The summed E-state index contributed by atoms with van der Waals surface area (Å²) in [5, 5.41) is 3.36. The normalized spacial score (nSPS) is 14.8. The molecule has 0 aliphatic heterocycles. The fourth-order valence-electron chi connectivity index (χ4n) is 1.74. The summed E-state index contributed by atoms with van der Waals surface area (Å²) in [4.78, 5) is 0. The summed E-state index contributed by atoms with van der Waals surface area (Å²) in [6.45, 7) is 0.0184. The van der Waals surface area contributed by atoms with E-state index < -0.39 is 6.61 Å². The van der Waals surface area contributed by atoms with Crippen molar-refractivity contribution in [3.05, 3.63) is 22.2 Å². The number of benzene rings is 1. The summed E-state index contributed by atoms with van der Waals surface area (Å²) in [7, 11) is 0. The maximum atomic E-state index is 12.4. The van der Waals surface area contributed by atoms with Gasteiger partial charge in [0.25, 0.3) is 0 Å². The van der Waals surface area contributed by atoms with Gasteiger partial charge in [0.1, 0.15) is 0 Å². The van der Waals surface area contributed by atoms with Crippen molar-refractivity contribution in [1.82, 2.24) is 5.32 Å². The Morgan fingerprint density at radius 1 is 1.42 bits per heavy atom. The molecule has 0 aromatic heterocycles. The van der Waals surface area contributed by atoms with Crippen LogP contribution in [0.2, 0.25) is 0 Å². The van der Waals surface area contributed by atoms with Crippen LogP contribution >= 0.6 is 15.9 Å². The zero-order chi connectivity index (χ0) is 13.8. The molecule has 0 spiro atoms. The molecule has 0 bridgehead atoms. The van der Waals surface area contributed by atoms with Crippen molar-refractivity contribution < 1.29 is 18.3 Å². The van der Waals surface area contributed by atoms with Gasteiger partial charge in [0.15, 0.2) is 11.5 Å². The van der Waals surface area contributed by atoms with Crippen LogP contribution in [0.4, 0.5) is 8.78 Å². The molecule has 0 radical (unpaired) electrons. The number of ether oxygens (including phenoxy) is 2. The smallest absolute Gasteiger partial charge is 0.387 e. The van der Waals surface area contributed by atoms with Gasteiger partial charge in [-0.15, -0.1) is 0 Å². The molecule has 1 aliphatic carbocycles. The van der Waals surface area contributed by atoms with Gasteiger partial charge in [-0.2, -0.15) is 8.78 Å². The van der Waals surface area contributed by atoms with Crippen molar-refractivity contribution >= 4 is 15.9 Å². The molecule has 0 unspecified atom stereocenters. The van der Waals surface area contributed by atoms with Crippen LogP contribution in [0.3, 0.4) is 0 Å². The zero-order valence-corrected chi connectivity index (χ0v) is 12.2. The first-order valence-electron chi connectivity index (χ1n) is 6.23. The average Bonchev–Trinajstić information content (AvgIpc) is 3.15. The van der Waals surface area contributed by atoms with Crippen LogP contribution in [0.5, 0.6) is 11.5 Å². The Labute approximate surface area is 119 Å². The lowest BCUT2D eigenvalue weighted by molar-refractivity contribution is -0.0519. The Kier molecular flexibility index (Phi) is 4.99. The van der Waals surface area contributed by atoms with E-state index in [4.69, 9.17) is 4.74 Å². The molecular weight excluding hydrogens is 320 g/mol. The molecule has 1 aliphatic rings. The lowest BCUT2D eigenvalue weighted by Gasteiger charge is -2.15. The van der Waals surface area contributed by atoms with Crippen molar-refractivity contribution in [2.24, 2.45) is 0 Å². The molecule has 1 N–H and O–H groups in total. The fraction of sp³-hybridized carbons (Fsp3) is 0.538. The van der Waals surface area contributed by atoms with Gasteiger partial charge in [0.05, 0.1) is 11.1 Å². The van der Waals surface area contributed by atoms with Gasteiger partial charge < -0.3 is 14.8 Å². The molecule has 6 heteroatoms. The summed E-state index contributed by atoms with van der Waals surface area (Å²) in [6.07, 6.45) is 2.40. The van der Waals surface area contributed by atoms with E-state index in [1.807, 2.05) is 0 Å². The molecule has 0 heterocycles. The second-order valence-corrected chi connectivity index (χ2v) is 5.23. The van der Waals surface area contributed by atoms with Gasteiger partial charge in [-0.1, -0.05) is 0 Å². The van der Waals surface area contributed by atoms with Crippen molar-refractivity contribution in [2.75, 3.05) is 6.61 Å². The van der Waals surface area contributed by atoms with Crippen molar-refractivity contribution in [3.8, 4) is 11.5 Å². The third kappa shape index (κ3) is 4.31. The first-order valence-corrected chi connectivity index (χ1v) is 7.03. The number of hydrogen-bond acceptors (Lipinski definition) is 3. The third-order valence-corrected chi connectivity index (χ3v) is 3.34. The average molecular weight is 336 g/mol.